The van der Waals surface area contributed by atoms with Gasteiger partial charge in [0.1, 0.15) is 0 Å². The Morgan fingerprint density at radius 1 is 1.08 bits per heavy atom. The lowest BCUT2D eigenvalue weighted by molar-refractivity contribution is -0.122. The molecule has 1 aromatic carbocycles. The molecular weight excluding hydrogens is 328 g/mol. The van der Waals surface area contributed by atoms with Gasteiger partial charge in [0.25, 0.3) is 5.91 Å². The van der Waals surface area contributed by atoms with Crippen LogP contribution in [0.3, 0.4) is 0 Å². The third-order valence-electron chi connectivity index (χ3n) is 5.57. The average Bonchev–Trinajstić information content (AvgIpc) is 3.32. The number of furan rings is 1. The molecule has 5 heteroatoms. The van der Waals surface area contributed by atoms with E-state index in [1.165, 1.54) is 17.4 Å². The Hall–Kier alpha value is -2.56. The number of fused-ring (bicyclic) bond motifs is 1. The minimum Gasteiger partial charge on any atom is -0.459 e. The van der Waals surface area contributed by atoms with Crippen molar-refractivity contribution in [1.29, 1.82) is 0 Å². The molecule has 1 aliphatic carbocycles. The zero-order chi connectivity index (χ0) is 17.9. The van der Waals surface area contributed by atoms with Crippen LogP contribution in [0.5, 0.6) is 0 Å². The third-order valence-corrected chi connectivity index (χ3v) is 5.57. The van der Waals surface area contributed by atoms with E-state index in [-0.39, 0.29) is 17.9 Å². The Labute approximate surface area is 153 Å². The molecule has 136 valence electrons. The number of amides is 2. The molecule has 1 atom stereocenters. The summed E-state index contributed by atoms with van der Waals surface area (Å²) in [5.74, 6) is 0.782. The van der Waals surface area contributed by atoms with Gasteiger partial charge in [-0.25, -0.2) is 0 Å². The molecule has 1 aromatic heterocycles. The SMILES string of the molecule is O=C(CC1CCc2ccccc21)NC1CCN(C(=O)c2ccco2)CC1. The van der Waals surface area contributed by atoms with Crippen LogP contribution >= 0.6 is 0 Å². The Balaban J connectivity index is 1.26. The highest BCUT2D eigenvalue weighted by atomic mass is 16.3. The van der Waals surface area contributed by atoms with Crippen molar-refractivity contribution in [3.05, 3.63) is 59.5 Å². The van der Waals surface area contributed by atoms with Crippen LogP contribution in [0, 0.1) is 0 Å². The summed E-state index contributed by atoms with van der Waals surface area (Å²) < 4.78 is 5.18. The summed E-state index contributed by atoms with van der Waals surface area (Å²) in [6, 6.07) is 12.0. The van der Waals surface area contributed by atoms with Gasteiger partial charge in [0.2, 0.25) is 5.91 Å². The van der Waals surface area contributed by atoms with Gasteiger partial charge in [-0.05, 0) is 54.9 Å². The van der Waals surface area contributed by atoms with Crippen molar-refractivity contribution in [2.24, 2.45) is 0 Å². The monoisotopic (exact) mass is 352 g/mol. The molecule has 1 fully saturated rings. The maximum Gasteiger partial charge on any atom is 0.289 e. The van der Waals surface area contributed by atoms with Gasteiger partial charge in [-0.2, -0.15) is 0 Å². The molecule has 0 bridgehead atoms. The first-order valence-corrected chi connectivity index (χ1v) is 9.40. The number of rotatable bonds is 4. The summed E-state index contributed by atoms with van der Waals surface area (Å²) in [6.07, 6.45) is 5.78. The molecule has 2 heterocycles. The van der Waals surface area contributed by atoms with Gasteiger partial charge in [0.15, 0.2) is 5.76 Å². The van der Waals surface area contributed by atoms with Crippen LogP contribution in [-0.2, 0) is 11.2 Å². The second kappa shape index (κ2) is 7.36. The molecular formula is C21H24N2O3. The maximum absolute atomic E-state index is 12.5. The first kappa shape index (κ1) is 16.9. The van der Waals surface area contributed by atoms with E-state index >= 15 is 0 Å². The van der Waals surface area contributed by atoms with E-state index in [0.29, 0.717) is 31.2 Å². The molecule has 1 aliphatic heterocycles. The summed E-state index contributed by atoms with van der Waals surface area (Å²) in [4.78, 5) is 26.6. The normalized spacial score (nSPS) is 20.0. The number of likely N-dealkylation sites (tertiary alicyclic amines) is 1. The highest BCUT2D eigenvalue weighted by Crippen LogP contribution is 2.35. The molecule has 0 radical (unpaired) electrons. The lowest BCUT2D eigenvalue weighted by atomic mass is 9.97. The van der Waals surface area contributed by atoms with Gasteiger partial charge < -0.3 is 14.6 Å². The topological polar surface area (TPSA) is 62.6 Å². The Morgan fingerprint density at radius 3 is 2.65 bits per heavy atom. The second-order valence-electron chi connectivity index (χ2n) is 7.25. The lowest BCUT2D eigenvalue weighted by Gasteiger charge is -2.32. The van der Waals surface area contributed by atoms with Crippen molar-refractivity contribution in [2.45, 2.75) is 44.1 Å². The Bertz CT molecular complexity index is 776. The summed E-state index contributed by atoms with van der Waals surface area (Å²) in [5, 5.41) is 3.17. The fourth-order valence-corrected chi connectivity index (χ4v) is 4.15. The number of hydrogen-bond donors (Lipinski definition) is 1. The maximum atomic E-state index is 12.5. The van der Waals surface area contributed by atoms with Crippen molar-refractivity contribution in [1.82, 2.24) is 10.2 Å². The number of aryl methyl sites for hydroxylation is 1. The number of piperidine rings is 1. The number of carbonyl (C=O) groups excluding carboxylic acids is 2. The standard InChI is InChI=1S/C21H24N2O3/c24-20(14-16-8-7-15-4-1-2-5-18(15)16)22-17-9-11-23(12-10-17)21(25)19-6-3-13-26-19/h1-6,13,16-17H,7-12,14H2,(H,22,24). The average molecular weight is 352 g/mol. The predicted octanol–water partition coefficient (Wildman–Crippen LogP) is 3.12. The lowest BCUT2D eigenvalue weighted by Crippen LogP contribution is -2.46. The van der Waals surface area contributed by atoms with Crippen LogP contribution in [0.1, 0.15) is 53.3 Å². The minimum atomic E-state index is -0.0673. The van der Waals surface area contributed by atoms with Crippen LogP contribution in [0.15, 0.2) is 47.1 Å². The molecule has 2 aromatic rings. The highest BCUT2D eigenvalue weighted by Gasteiger charge is 2.28. The first-order chi connectivity index (χ1) is 12.7. The van der Waals surface area contributed by atoms with Crippen LogP contribution in [0.4, 0.5) is 0 Å². The third kappa shape index (κ3) is 3.52. The van der Waals surface area contributed by atoms with Crippen LogP contribution in [0.25, 0.3) is 0 Å². The van der Waals surface area contributed by atoms with Crippen molar-refractivity contribution in [2.75, 3.05) is 13.1 Å². The second-order valence-corrected chi connectivity index (χ2v) is 7.25. The zero-order valence-electron chi connectivity index (χ0n) is 14.8. The van der Waals surface area contributed by atoms with Gasteiger partial charge in [0, 0.05) is 25.6 Å². The number of benzene rings is 1. The summed E-state index contributed by atoms with van der Waals surface area (Å²) in [5.41, 5.74) is 2.72. The van der Waals surface area contributed by atoms with Gasteiger partial charge in [0.05, 0.1) is 6.26 Å². The fourth-order valence-electron chi connectivity index (χ4n) is 4.15. The molecule has 1 saturated heterocycles. The van der Waals surface area contributed by atoms with E-state index in [9.17, 15) is 9.59 Å². The van der Waals surface area contributed by atoms with E-state index < -0.39 is 0 Å². The summed E-state index contributed by atoms with van der Waals surface area (Å²) in [6.45, 7) is 1.30. The number of nitrogens with zero attached hydrogens (tertiary/aromatic N) is 1. The van der Waals surface area contributed by atoms with E-state index in [4.69, 9.17) is 4.42 Å². The number of hydrogen-bond acceptors (Lipinski definition) is 3. The predicted molar refractivity (Wildman–Crippen MR) is 97.9 cm³/mol. The number of nitrogens with one attached hydrogen (secondary N) is 1. The molecule has 1 N–H and O–H groups in total. The molecule has 0 saturated carbocycles. The summed E-state index contributed by atoms with van der Waals surface area (Å²) in [7, 11) is 0. The van der Waals surface area contributed by atoms with Crippen LogP contribution < -0.4 is 5.32 Å². The van der Waals surface area contributed by atoms with Gasteiger partial charge >= 0.3 is 0 Å². The van der Waals surface area contributed by atoms with Crippen LogP contribution in [-0.4, -0.2) is 35.8 Å². The molecule has 4 rings (SSSR count). The van der Waals surface area contributed by atoms with Crippen LogP contribution in [0.2, 0.25) is 0 Å². The zero-order valence-corrected chi connectivity index (χ0v) is 14.8. The molecule has 5 nitrogen and oxygen atoms in total. The van der Waals surface area contributed by atoms with E-state index in [0.717, 1.165) is 25.7 Å². The summed E-state index contributed by atoms with van der Waals surface area (Å²) >= 11 is 0. The van der Waals surface area contributed by atoms with E-state index in [1.54, 1.807) is 17.0 Å². The van der Waals surface area contributed by atoms with E-state index in [2.05, 4.69) is 29.6 Å². The van der Waals surface area contributed by atoms with Crippen molar-refractivity contribution in [3.8, 4) is 0 Å². The highest BCUT2D eigenvalue weighted by molar-refractivity contribution is 5.91. The molecule has 26 heavy (non-hydrogen) atoms. The van der Waals surface area contributed by atoms with E-state index in [1.807, 2.05) is 0 Å². The fraction of sp³-hybridized carbons (Fsp3) is 0.429. The molecule has 2 amide bonds. The number of carbonyl (C=O) groups is 2. The van der Waals surface area contributed by atoms with Gasteiger partial charge in [-0.15, -0.1) is 0 Å². The van der Waals surface area contributed by atoms with Gasteiger partial charge in [-0.3, -0.25) is 9.59 Å². The Morgan fingerprint density at radius 2 is 1.88 bits per heavy atom. The van der Waals surface area contributed by atoms with Gasteiger partial charge in [-0.1, -0.05) is 24.3 Å². The van der Waals surface area contributed by atoms with Crippen molar-refractivity contribution >= 4 is 11.8 Å². The smallest absolute Gasteiger partial charge is 0.289 e. The minimum absolute atomic E-state index is 0.0673. The van der Waals surface area contributed by atoms with Crippen molar-refractivity contribution in [3.63, 3.8) is 0 Å². The quantitative estimate of drug-likeness (QED) is 0.920. The largest absolute Gasteiger partial charge is 0.459 e. The molecule has 2 aliphatic rings. The molecule has 0 spiro atoms. The van der Waals surface area contributed by atoms with Crippen molar-refractivity contribution < 1.29 is 14.0 Å². The first-order valence-electron chi connectivity index (χ1n) is 9.40. The molecule has 1 unspecified atom stereocenters. The Kier molecular flexibility index (Phi) is 4.78.